The van der Waals surface area contributed by atoms with Crippen LogP contribution in [0.3, 0.4) is 0 Å². The summed E-state index contributed by atoms with van der Waals surface area (Å²) in [5.41, 5.74) is 1.56. The van der Waals surface area contributed by atoms with E-state index in [-0.39, 0.29) is 0 Å². The average molecular weight is 289 g/mol. The zero-order valence-corrected chi connectivity index (χ0v) is 12.6. The standard InChI is InChI=1S/C16H19NS2/c1-2-5-13(6-3-1)18-12-10-17-15-7-4-8-16-14(15)9-11-19-16/h1-3,5-6,9,11,15,17H,4,7-8,10,12H2. The van der Waals surface area contributed by atoms with Crippen molar-refractivity contribution in [3.8, 4) is 0 Å². The third kappa shape index (κ3) is 3.41. The summed E-state index contributed by atoms with van der Waals surface area (Å²) in [6.07, 6.45) is 3.90. The van der Waals surface area contributed by atoms with E-state index in [1.54, 1.807) is 10.4 Å². The molecule has 1 aliphatic carbocycles. The molecule has 0 bridgehead atoms. The zero-order chi connectivity index (χ0) is 12.9. The van der Waals surface area contributed by atoms with Gasteiger partial charge in [-0.05, 0) is 48.4 Å². The molecule has 2 aromatic rings. The van der Waals surface area contributed by atoms with Gasteiger partial charge in [0.25, 0.3) is 0 Å². The summed E-state index contributed by atoms with van der Waals surface area (Å²) in [5.74, 6) is 1.14. The number of rotatable bonds is 5. The van der Waals surface area contributed by atoms with Crippen molar-refractivity contribution < 1.29 is 0 Å². The molecular formula is C16H19NS2. The van der Waals surface area contributed by atoms with Gasteiger partial charge < -0.3 is 5.32 Å². The first kappa shape index (κ1) is 13.2. The van der Waals surface area contributed by atoms with Crippen molar-refractivity contribution in [3.05, 3.63) is 52.2 Å². The molecular weight excluding hydrogens is 270 g/mol. The largest absolute Gasteiger partial charge is 0.309 e. The lowest BCUT2D eigenvalue weighted by molar-refractivity contribution is 0.478. The Hall–Kier alpha value is -0.770. The van der Waals surface area contributed by atoms with E-state index in [2.05, 4.69) is 47.1 Å². The van der Waals surface area contributed by atoms with E-state index in [9.17, 15) is 0 Å². The van der Waals surface area contributed by atoms with Gasteiger partial charge in [0, 0.05) is 28.1 Å². The van der Waals surface area contributed by atoms with E-state index in [1.165, 1.54) is 24.2 Å². The topological polar surface area (TPSA) is 12.0 Å². The number of benzene rings is 1. The van der Waals surface area contributed by atoms with Crippen molar-refractivity contribution in [2.24, 2.45) is 0 Å². The lowest BCUT2D eigenvalue weighted by Crippen LogP contribution is -2.26. The van der Waals surface area contributed by atoms with Crippen LogP contribution in [0.5, 0.6) is 0 Å². The molecule has 1 N–H and O–H groups in total. The Labute approximate surface area is 123 Å². The Morgan fingerprint density at radius 1 is 1.21 bits per heavy atom. The fourth-order valence-corrected chi connectivity index (χ4v) is 4.41. The van der Waals surface area contributed by atoms with Crippen molar-refractivity contribution in [2.75, 3.05) is 12.3 Å². The molecule has 1 atom stereocenters. The predicted octanol–water partition coefficient (Wildman–Crippen LogP) is 4.51. The monoisotopic (exact) mass is 289 g/mol. The van der Waals surface area contributed by atoms with Crippen molar-refractivity contribution >= 4 is 23.1 Å². The van der Waals surface area contributed by atoms with Gasteiger partial charge in [0.1, 0.15) is 0 Å². The Morgan fingerprint density at radius 3 is 3.00 bits per heavy atom. The molecule has 100 valence electrons. The second-order valence-electron chi connectivity index (χ2n) is 4.86. The highest BCUT2D eigenvalue weighted by atomic mass is 32.2. The molecule has 0 aliphatic heterocycles. The first-order valence-electron chi connectivity index (χ1n) is 6.91. The van der Waals surface area contributed by atoms with E-state index in [1.807, 2.05) is 23.1 Å². The summed E-state index contributed by atoms with van der Waals surface area (Å²) in [6, 6.07) is 13.5. The highest BCUT2D eigenvalue weighted by molar-refractivity contribution is 7.99. The summed E-state index contributed by atoms with van der Waals surface area (Å²) >= 11 is 3.85. The van der Waals surface area contributed by atoms with Gasteiger partial charge in [0.2, 0.25) is 0 Å². The van der Waals surface area contributed by atoms with Gasteiger partial charge in [0.05, 0.1) is 0 Å². The lowest BCUT2D eigenvalue weighted by atomic mass is 9.94. The number of hydrogen-bond acceptors (Lipinski definition) is 3. The fourth-order valence-electron chi connectivity index (χ4n) is 2.62. The van der Waals surface area contributed by atoms with Crippen LogP contribution in [-0.4, -0.2) is 12.3 Å². The minimum atomic E-state index is 0.589. The second-order valence-corrected chi connectivity index (χ2v) is 7.03. The SMILES string of the molecule is c1ccc(SCCNC2CCCc3sccc32)cc1. The summed E-state index contributed by atoms with van der Waals surface area (Å²) in [6.45, 7) is 1.08. The number of aryl methyl sites for hydroxylation is 1. The van der Waals surface area contributed by atoms with Gasteiger partial charge in [-0.1, -0.05) is 18.2 Å². The molecule has 0 spiro atoms. The minimum absolute atomic E-state index is 0.589. The smallest absolute Gasteiger partial charge is 0.0331 e. The molecule has 1 aliphatic rings. The van der Waals surface area contributed by atoms with Crippen molar-refractivity contribution in [1.29, 1.82) is 0 Å². The Bertz CT molecular complexity index is 506. The first-order chi connectivity index (χ1) is 9.43. The zero-order valence-electron chi connectivity index (χ0n) is 11.0. The van der Waals surface area contributed by atoms with Gasteiger partial charge in [0.15, 0.2) is 0 Å². The van der Waals surface area contributed by atoms with Crippen LogP contribution in [0.15, 0.2) is 46.7 Å². The van der Waals surface area contributed by atoms with E-state index in [0.717, 1.165) is 12.3 Å². The highest BCUT2D eigenvalue weighted by Crippen LogP contribution is 2.33. The molecule has 0 radical (unpaired) electrons. The Morgan fingerprint density at radius 2 is 2.11 bits per heavy atom. The molecule has 1 nitrogen and oxygen atoms in total. The van der Waals surface area contributed by atoms with E-state index < -0.39 is 0 Å². The number of thiophene rings is 1. The average Bonchev–Trinajstić information content (AvgIpc) is 2.94. The van der Waals surface area contributed by atoms with Crippen molar-refractivity contribution in [3.63, 3.8) is 0 Å². The summed E-state index contributed by atoms with van der Waals surface area (Å²) < 4.78 is 0. The predicted molar refractivity (Wildman–Crippen MR) is 85.2 cm³/mol. The van der Waals surface area contributed by atoms with Crippen LogP contribution in [-0.2, 0) is 6.42 Å². The maximum Gasteiger partial charge on any atom is 0.0331 e. The quantitative estimate of drug-likeness (QED) is 0.642. The van der Waals surface area contributed by atoms with Crippen LogP contribution in [0.4, 0.5) is 0 Å². The second kappa shape index (κ2) is 6.60. The van der Waals surface area contributed by atoms with Gasteiger partial charge in [-0.3, -0.25) is 0 Å². The van der Waals surface area contributed by atoms with Crippen molar-refractivity contribution in [2.45, 2.75) is 30.2 Å². The number of hydrogen-bond donors (Lipinski definition) is 1. The number of nitrogens with one attached hydrogen (secondary N) is 1. The van der Waals surface area contributed by atoms with Gasteiger partial charge in [-0.15, -0.1) is 23.1 Å². The number of fused-ring (bicyclic) bond motifs is 1. The Balaban J connectivity index is 1.46. The third-order valence-corrected chi connectivity index (χ3v) is 5.57. The molecule has 0 fully saturated rings. The molecule has 0 amide bonds. The lowest BCUT2D eigenvalue weighted by Gasteiger charge is -2.23. The molecule has 1 aromatic heterocycles. The third-order valence-electron chi connectivity index (χ3n) is 3.56. The molecule has 1 heterocycles. The maximum absolute atomic E-state index is 3.72. The fraction of sp³-hybridized carbons (Fsp3) is 0.375. The molecule has 0 saturated heterocycles. The maximum atomic E-state index is 3.72. The summed E-state index contributed by atoms with van der Waals surface area (Å²) in [7, 11) is 0. The molecule has 0 saturated carbocycles. The molecule has 3 heteroatoms. The molecule has 1 aromatic carbocycles. The molecule has 19 heavy (non-hydrogen) atoms. The first-order valence-corrected chi connectivity index (χ1v) is 8.77. The molecule has 3 rings (SSSR count). The van der Waals surface area contributed by atoms with E-state index in [0.29, 0.717) is 6.04 Å². The van der Waals surface area contributed by atoms with Crippen LogP contribution < -0.4 is 5.32 Å². The van der Waals surface area contributed by atoms with Gasteiger partial charge in [-0.25, -0.2) is 0 Å². The van der Waals surface area contributed by atoms with Crippen LogP contribution in [0, 0.1) is 0 Å². The molecule has 1 unspecified atom stereocenters. The highest BCUT2D eigenvalue weighted by Gasteiger charge is 2.20. The van der Waals surface area contributed by atoms with E-state index in [4.69, 9.17) is 0 Å². The van der Waals surface area contributed by atoms with Gasteiger partial charge >= 0.3 is 0 Å². The van der Waals surface area contributed by atoms with Crippen LogP contribution in [0.1, 0.15) is 29.3 Å². The Kier molecular flexibility index (Phi) is 4.59. The van der Waals surface area contributed by atoms with Crippen LogP contribution >= 0.6 is 23.1 Å². The van der Waals surface area contributed by atoms with Crippen LogP contribution in [0.25, 0.3) is 0 Å². The normalized spacial score (nSPS) is 18.2. The van der Waals surface area contributed by atoms with E-state index >= 15 is 0 Å². The minimum Gasteiger partial charge on any atom is -0.309 e. The summed E-state index contributed by atoms with van der Waals surface area (Å²) in [4.78, 5) is 2.96. The number of thioether (sulfide) groups is 1. The summed E-state index contributed by atoms with van der Waals surface area (Å²) in [5, 5.41) is 5.96. The van der Waals surface area contributed by atoms with Crippen molar-refractivity contribution in [1.82, 2.24) is 5.32 Å². The van der Waals surface area contributed by atoms with Crippen LogP contribution in [0.2, 0.25) is 0 Å². The van der Waals surface area contributed by atoms with Gasteiger partial charge in [-0.2, -0.15) is 0 Å².